The first-order chi connectivity index (χ1) is 8.40. The summed E-state index contributed by atoms with van der Waals surface area (Å²) < 4.78 is 9.81. The van der Waals surface area contributed by atoms with Crippen LogP contribution in [0.1, 0.15) is 40.5 Å². The van der Waals surface area contributed by atoms with E-state index in [1.807, 2.05) is 0 Å². The van der Waals surface area contributed by atoms with Crippen LogP contribution in [-0.4, -0.2) is 36.6 Å². The molecule has 0 radical (unpaired) electrons. The second-order valence-electron chi connectivity index (χ2n) is 3.88. The first kappa shape index (κ1) is 16.4. The molecule has 0 saturated carbocycles. The van der Waals surface area contributed by atoms with Gasteiger partial charge in [-0.3, -0.25) is 14.4 Å². The number of esters is 2. The van der Waals surface area contributed by atoms with Gasteiger partial charge in [-0.25, -0.2) is 0 Å². The maximum atomic E-state index is 11.5. The molecule has 0 heterocycles. The van der Waals surface area contributed by atoms with E-state index in [1.54, 1.807) is 20.8 Å². The third kappa shape index (κ3) is 6.88. The normalized spacial score (nSPS) is 13.3. The molecule has 0 aliphatic heterocycles. The Morgan fingerprint density at radius 3 is 2.00 bits per heavy atom. The number of amides is 1. The van der Waals surface area contributed by atoms with Gasteiger partial charge in [0.1, 0.15) is 6.10 Å². The van der Waals surface area contributed by atoms with Crippen LogP contribution in [-0.2, 0) is 23.9 Å². The molecule has 6 nitrogen and oxygen atoms in total. The van der Waals surface area contributed by atoms with Gasteiger partial charge in [0.05, 0.1) is 6.54 Å². The van der Waals surface area contributed by atoms with Crippen molar-refractivity contribution in [1.29, 1.82) is 0 Å². The molecule has 2 atom stereocenters. The lowest BCUT2D eigenvalue weighted by atomic mass is 10.3. The minimum absolute atomic E-state index is 0.193. The summed E-state index contributed by atoms with van der Waals surface area (Å²) in [5.41, 5.74) is 0. The predicted molar refractivity (Wildman–Crippen MR) is 64.7 cm³/mol. The van der Waals surface area contributed by atoms with Crippen LogP contribution in [0.25, 0.3) is 0 Å². The Labute approximate surface area is 107 Å². The van der Waals surface area contributed by atoms with E-state index in [1.165, 1.54) is 6.92 Å². The first-order valence-electron chi connectivity index (χ1n) is 6.07. The number of nitrogens with one attached hydrogen (secondary N) is 1. The van der Waals surface area contributed by atoms with E-state index in [-0.39, 0.29) is 18.9 Å². The van der Waals surface area contributed by atoms with E-state index >= 15 is 0 Å². The molecule has 0 spiro atoms. The summed E-state index contributed by atoms with van der Waals surface area (Å²) in [4.78, 5) is 33.5. The SMILES string of the molecule is CCC(=O)O[C@@H](C)CNC(=O)[C@@H](C)OC(=O)CC. The Balaban J connectivity index is 3.94. The molecule has 0 aromatic heterocycles. The van der Waals surface area contributed by atoms with Gasteiger partial charge in [-0.2, -0.15) is 0 Å². The number of rotatable bonds is 7. The van der Waals surface area contributed by atoms with Crippen LogP contribution in [0.15, 0.2) is 0 Å². The first-order valence-corrected chi connectivity index (χ1v) is 6.07. The molecular formula is C12H21NO5. The smallest absolute Gasteiger partial charge is 0.306 e. The molecule has 1 N–H and O–H groups in total. The summed E-state index contributed by atoms with van der Waals surface area (Å²) in [5, 5.41) is 2.55. The molecule has 0 bridgehead atoms. The number of carbonyl (C=O) groups excluding carboxylic acids is 3. The van der Waals surface area contributed by atoms with E-state index in [4.69, 9.17) is 9.47 Å². The van der Waals surface area contributed by atoms with Gasteiger partial charge in [0.2, 0.25) is 0 Å². The zero-order valence-corrected chi connectivity index (χ0v) is 11.3. The predicted octanol–water partition coefficient (Wildman–Crippen LogP) is 0.786. The minimum atomic E-state index is -0.841. The number of ether oxygens (including phenoxy) is 2. The Morgan fingerprint density at radius 2 is 1.50 bits per heavy atom. The Bertz CT molecular complexity index is 303. The lowest BCUT2D eigenvalue weighted by molar-refractivity contribution is -0.155. The van der Waals surface area contributed by atoms with Crippen LogP contribution in [0.2, 0.25) is 0 Å². The molecule has 0 aromatic rings. The molecule has 6 heteroatoms. The van der Waals surface area contributed by atoms with Crippen molar-refractivity contribution in [2.75, 3.05) is 6.54 Å². The van der Waals surface area contributed by atoms with Crippen LogP contribution >= 0.6 is 0 Å². The summed E-state index contributed by atoms with van der Waals surface area (Å²) in [6.07, 6.45) is -0.729. The van der Waals surface area contributed by atoms with Crippen LogP contribution in [0, 0.1) is 0 Å². The van der Waals surface area contributed by atoms with Crippen molar-refractivity contribution in [3.63, 3.8) is 0 Å². The van der Waals surface area contributed by atoms with E-state index in [0.29, 0.717) is 6.42 Å². The summed E-state index contributed by atoms with van der Waals surface area (Å²) in [6.45, 7) is 6.71. The van der Waals surface area contributed by atoms with Gasteiger partial charge in [0.15, 0.2) is 6.10 Å². The minimum Gasteiger partial charge on any atom is -0.461 e. The Kier molecular flexibility index (Phi) is 7.74. The van der Waals surface area contributed by atoms with Crippen LogP contribution < -0.4 is 5.32 Å². The second kappa shape index (κ2) is 8.49. The zero-order chi connectivity index (χ0) is 14.1. The molecule has 0 unspecified atom stereocenters. The summed E-state index contributed by atoms with van der Waals surface area (Å²) >= 11 is 0. The summed E-state index contributed by atoms with van der Waals surface area (Å²) in [7, 11) is 0. The third-order valence-electron chi connectivity index (χ3n) is 2.15. The van der Waals surface area contributed by atoms with Crippen molar-refractivity contribution in [2.45, 2.75) is 52.7 Å². The average Bonchev–Trinajstić information content (AvgIpc) is 2.35. The molecule has 0 aromatic carbocycles. The molecular weight excluding hydrogens is 238 g/mol. The largest absolute Gasteiger partial charge is 0.461 e. The number of carbonyl (C=O) groups is 3. The second-order valence-corrected chi connectivity index (χ2v) is 3.88. The van der Waals surface area contributed by atoms with Crippen molar-refractivity contribution >= 4 is 17.8 Å². The fourth-order valence-electron chi connectivity index (χ4n) is 1.07. The van der Waals surface area contributed by atoms with Crippen molar-refractivity contribution in [1.82, 2.24) is 5.32 Å². The fourth-order valence-corrected chi connectivity index (χ4v) is 1.07. The standard InChI is InChI=1S/C12H21NO5/c1-5-10(14)17-8(3)7-13-12(16)9(4)18-11(15)6-2/h8-9H,5-7H2,1-4H3,(H,13,16)/t8-,9+/m0/s1. The molecule has 0 aliphatic carbocycles. The van der Waals surface area contributed by atoms with E-state index in [9.17, 15) is 14.4 Å². The molecule has 0 fully saturated rings. The molecule has 0 rings (SSSR count). The summed E-state index contributed by atoms with van der Waals surface area (Å²) in [6, 6.07) is 0. The highest BCUT2D eigenvalue weighted by molar-refractivity contribution is 5.83. The van der Waals surface area contributed by atoms with Gasteiger partial charge < -0.3 is 14.8 Å². The van der Waals surface area contributed by atoms with Crippen molar-refractivity contribution in [2.24, 2.45) is 0 Å². The van der Waals surface area contributed by atoms with Crippen molar-refractivity contribution < 1.29 is 23.9 Å². The monoisotopic (exact) mass is 259 g/mol. The topological polar surface area (TPSA) is 81.7 Å². The van der Waals surface area contributed by atoms with Crippen LogP contribution in [0.5, 0.6) is 0 Å². The fraction of sp³-hybridized carbons (Fsp3) is 0.750. The van der Waals surface area contributed by atoms with Gasteiger partial charge in [-0.05, 0) is 13.8 Å². The molecule has 0 aliphatic rings. The number of hydrogen-bond acceptors (Lipinski definition) is 5. The molecule has 18 heavy (non-hydrogen) atoms. The molecule has 1 amide bonds. The van der Waals surface area contributed by atoms with Crippen LogP contribution in [0.3, 0.4) is 0 Å². The van der Waals surface area contributed by atoms with Gasteiger partial charge in [0.25, 0.3) is 5.91 Å². The maximum Gasteiger partial charge on any atom is 0.306 e. The lowest BCUT2D eigenvalue weighted by Gasteiger charge is -2.16. The lowest BCUT2D eigenvalue weighted by Crippen LogP contribution is -2.40. The van der Waals surface area contributed by atoms with Gasteiger partial charge in [-0.1, -0.05) is 13.8 Å². The van der Waals surface area contributed by atoms with Crippen LogP contribution in [0.4, 0.5) is 0 Å². The van der Waals surface area contributed by atoms with Crippen molar-refractivity contribution in [3.05, 3.63) is 0 Å². The van der Waals surface area contributed by atoms with Gasteiger partial charge in [-0.15, -0.1) is 0 Å². The summed E-state index contributed by atoms with van der Waals surface area (Å²) in [5.74, 6) is -1.15. The average molecular weight is 259 g/mol. The molecule has 104 valence electrons. The highest BCUT2D eigenvalue weighted by Gasteiger charge is 2.17. The van der Waals surface area contributed by atoms with Gasteiger partial charge in [0, 0.05) is 12.8 Å². The zero-order valence-electron chi connectivity index (χ0n) is 11.3. The Morgan fingerprint density at radius 1 is 1.00 bits per heavy atom. The van der Waals surface area contributed by atoms with E-state index < -0.39 is 24.1 Å². The van der Waals surface area contributed by atoms with Crippen molar-refractivity contribution in [3.8, 4) is 0 Å². The van der Waals surface area contributed by atoms with Gasteiger partial charge >= 0.3 is 11.9 Å². The quantitative estimate of drug-likeness (QED) is 0.683. The van der Waals surface area contributed by atoms with E-state index in [0.717, 1.165) is 0 Å². The third-order valence-corrected chi connectivity index (χ3v) is 2.15. The molecule has 0 saturated heterocycles. The highest BCUT2D eigenvalue weighted by atomic mass is 16.6. The maximum absolute atomic E-state index is 11.5. The highest BCUT2D eigenvalue weighted by Crippen LogP contribution is 1.96. The number of hydrogen-bond donors (Lipinski definition) is 1. The van der Waals surface area contributed by atoms with E-state index in [2.05, 4.69) is 5.32 Å². The Hall–Kier alpha value is -1.59.